The molecule has 0 saturated heterocycles. The van der Waals surface area contributed by atoms with Crippen LogP contribution in [0.1, 0.15) is 11.1 Å². The number of hydrogen-bond acceptors (Lipinski definition) is 2. The zero-order valence-corrected chi connectivity index (χ0v) is 13.9. The van der Waals surface area contributed by atoms with E-state index in [2.05, 4.69) is 81.7 Å². The Morgan fingerprint density at radius 1 is 1.19 bits per heavy atom. The van der Waals surface area contributed by atoms with E-state index >= 15 is 0 Å². The number of nitrogens with one attached hydrogen (secondary N) is 1. The number of halogens is 1. The van der Waals surface area contributed by atoms with E-state index < -0.39 is 0 Å². The monoisotopic (exact) mass is 344 g/mol. The Hall–Kier alpha value is -1.32. The first-order valence-electron chi connectivity index (χ1n) is 7.45. The van der Waals surface area contributed by atoms with Crippen LogP contribution in [0.5, 0.6) is 0 Å². The number of anilines is 1. The second-order valence-electron chi connectivity index (χ2n) is 5.93. The largest absolute Gasteiger partial charge is 0.384 e. The van der Waals surface area contributed by atoms with Gasteiger partial charge in [-0.25, -0.2) is 0 Å². The van der Waals surface area contributed by atoms with Crippen LogP contribution in [-0.4, -0.2) is 25.0 Å². The number of fused-ring (bicyclic) bond motifs is 1. The highest BCUT2D eigenvalue weighted by Gasteiger charge is 2.19. The van der Waals surface area contributed by atoms with Crippen LogP contribution in [0, 0.1) is 5.92 Å². The summed E-state index contributed by atoms with van der Waals surface area (Å²) in [6.07, 6.45) is 1.17. The molecule has 0 spiro atoms. The molecule has 2 nitrogen and oxygen atoms in total. The van der Waals surface area contributed by atoms with E-state index in [0.717, 1.165) is 24.1 Å². The summed E-state index contributed by atoms with van der Waals surface area (Å²) in [6.45, 7) is 3.19. The van der Waals surface area contributed by atoms with E-state index in [1.807, 2.05) is 0 Å². The summed E-state index contributed by atoms with van der Waals surface area (Å²) in [6, 6.07) is 17.2. The van der Waals surface area contributed by atoms with Crippen molar-refractivity contribution in [2.24, 2.45) is 5.92 Å². The molecule has 3 heteroatoms. The molecule has 0 amide bonds. The SMILES string of the molecule is CN(Cc1cccc(Br)c1)CC1CNc2ccccc2C1. The first kappa shape index (κ1) is 14.6. The summed E-state index contributed by atoms with van der Waals surface area (Å²) < 4.78 is 1.15. The van der Waals surface area contributed by atoms with E-state index in [9.17, 15) is 0 Å². The van der Waals surface area contributed by atoms with E-state index in [0.29, 0.717) is 5.92 Å². The van der Waals surface area contributed by atoms with Crippen molar-refractivity contribution in [3.05, 3.63) is 64.1 Å². The maximum atomic E-state index is 3.56. The van der Waals surface area contributed by atoms with Crippen LogP contribution in [0.4, 0.5) is 5.69 Å². The Morgan fingerprint density at radius 2 is 2.05 bits per heavy atom. The molecule has 3 rings (SSSR count). The first-order valence-corrected chi connectivity index (χ1v) is 8.25. The molecule has 0 fully saturated rings. The van der Waals surface area contributed by atoms with Crippen molar-refractivity contribution < 1.29 is 0 Å². The molecular formula is C18H21BrN2. The van der Waals surface area contributed by atoms with Gasteiger partial charge >= 0.3 is 0 Å². The lowest BCUT2D eigenvalue weighted by Crippen LogP contribution is -2.33. The molecule has 21 heavy (non-hydrogen) atoms. The summed E-state index contributed by atoms with van der Waals surface area (Å²) in [5, 5.41) is 3.56. The number of rotatable bonds is 4. The number of para-hydroxylation sites is 1. The third-order valence-corrected chi connectivity index (χ3v) is 4.51. The van der Waals surface area contributed by atoms with Crippen molar-refractivity contribution in [3.8, 4) is 0 Å². The Labute approximate surface area is 135 Å². The lowest BCUT2D eigenvalue weighted by molar-refractivity contribution is 0.271. The average Bonchev–Trinajstić information content (AvgIpc) is 2.47. The maximum Gasteiger partial charge on any atom is 0.0372 e. The molecule has 1 aliphatic heterocycles. The van der Waals surface area contributed by atoms with Gasteiger partial charge in [-0.05, 0) is 48.7 Å². The van der Waals surface area contributed by atoms with Gasteiger partial charge in [0, 0.05) is 29.8 Å². The maximum absolute atomic E-state index is 3.56. The smallest absolute Gasteiger partial charge is 0.0372 e. The lowest BCUT2D eigenvalue weighted by Gasteiger charge is -2.29. The molecule has 2 aromatic carbocycles. The van der Waals surface area contributed by atoms with Crippen LogP contribution < -0.4 is 5.32 Å². The number of benzene rings is 2. The second-order valence-corrected chi connectivity index (χ2v) is 6.85. The Balaban J connectivity index is 1.57. The van der Waals surface area contributed by atoms with Gasteiger partial charge < -0.3 is 10.2 Å². The van der Waals surface area contributed by atoms with Crippen molar-refractivity contribution in [3.63, 3.8) is 0 Å². The van der Waals surface area contributed by atoms with Gasteiger partial charge in [0.15, 0.2) is 0 Å². The van der Waals surface area contributed by atoms with Gasteiger partial charge in [0.25, 0.3) is 0 Å². The minimum absolute atomic E-state index is 0.678. The normalized spacial score (nSPS) is 17.4. The van der Waals surface area contributed by atoms with E-state index in [-0.39, 0.29) is 0 Å². The topological polar surface area (TPSA) is 15.3 Å². The molecule has 0 aliphatic carbocycles. The van der Waals surface area contributed by atoms with Crippen molar-refractivity contribution in [1.29, 1.82) is 0 Å². The van der Waals surface area contributed by atoms with Crippen LogP contribution in [0.15, 0.2) is 53.0 Å². The summed E-state index contributed by atoms with van der Waals surface area (Å²) in [5.41, 5.74) is 4.11. The third-order valence-electron chi connectivity index (χ3n) is 4.02. The Morgan fingerprint density at radius 3 is 2.90 bits per heavy atom. The molecule has 2 aromatic rings. The van der Waals surface area contributed by atoms with Crippen LogP contribution in [-0.2, 0) is 13.0 Å². The second kappa shape index (κ2) is 6.63. The lowest BCUT2D eigenvalue weighted by atomic mass is 9.93. The molecule has 0 bridgehead atoms. The fourth-order valence-corrected chi connectivity index (χ4v) is 3.54. The zero-order valence-electron chi connectivity index (χ0n) is 12.3. The molecule has 0 radical (unpaired) electrons. The standard InChI is InChI=1S/C18H21BrN2/c1-21(12-14-5-4-7-17(19)10-14)13-15-9-16-6-2-3-8-18(16)20-11-15/h2-8,10,15,20H,9,11-13H2,1H3. The molecule has 1 N–H and O–H groups in total. The van der Waals surface area contributed by atoms with Gasteiger partial charge in [0.1, 0.15) is 0 Å². The van der Waals surface area contributed by atoms with Gasteiger partial charge in [0.2, 0.25) is 0 Å². The molecule has 110 valence electrons. The molecule has 1 heterocycles. The minimum atomic E-state index is 0.678. The minimum Gasteiger partial charge on any atom is -0.384 e. The van der Waals surface area contributed by atoms with Crippen molar-refractivity contribution in [2.45, 2.75) is 13.0 Å². The number of hydrogen-bond donors (Lipinski definition) is 1. The summed E-state index contributed by atoms with van der Waals surface area (Å²) >= 11 is 3.54. The van der Waals surface area contributed by atoms with E-state index in [4.69, 9.17) is 0 Å². The van der Waals surface area contributed by atoms with Gasteiger partial charge in [-0.3, -0.25) is 0 Å². The van der Waals surface area contributed by atoms with Crippen molar-refractivity contribution in [1.82, 2.24) is 4.90 Å². The summed E-state index contributed by atoms with van der Waals surface area (Å²) in [5.74, 6) is 0.678. The highest BCUT2D eigenvalue weighted by Crippen LogP contribution is 2.25. The predicted octanol–water partition coefficient (Wildman–Crippen LogP) is 4.17. The van der Waals surface area contributed by atoms with Crippen LogP contribution >= 0.6 is 15.9 Å². The summed E-state index contributed by atoms with van der Waals surface area (Å²) in [7, 11) is 2.21. The van der Waals surface area contributed by atoms with Crippen LogP contribution in [0.25, 0.3) is 0 Å². The molecular weight excluding hydrogens is 324 g/mol. The molecule has 0 saturated carbocycles. The average molecular weight is 345 g/mol. The van der Waals surface area contributed by atoms with Gasteiger partial charge in [-0.15, -0.1) is 0 Å². The predicted molar refractivity (Wildman–Crippen MR) is 92.6 cm³/mol. The van der Waals surface area contributed by atoms with Crippen LogP contribution in [0.3, 0.4) is 0 Å². The fraction of sp³-hybridized carbons (Fsp3) is 0.333. The third kappa shape index (κ3) is 3.86. The van der Waals surface area contributed by atoms with Crippen molar-refractivity contribution >= 4 is 21.6 Å². The van der Waals surface area contributed by atoms with Crippen LogP contribution in [0.2, 0.25) is 0 Å². The quantitative estimate of drug-likeness (QED) is 0.895. The highest BCUT2D eigenvalue weighted by molar-refractivity contribution is 9.10. The highest BCUT2D eigenvalue weighted by atomic mass is 79.9. The van der Waals surface area contributed by atoms with Crippen molar-refractivity contribution in [2.75, 3.05) is 25.5 Å². The first-order chi connectivity index (χ1) is 10.2. The van der Waals surface area contributed by atoms with E-state index in [1.54, 1.807) is 0 Å². The number of nitrogens with zero attached hydrogens (tertiary/aromatic N) is 1. The Kier molecular flexibility index (Phi) is 4.61. The Bertz CT molecular complexity index is 612. The molecule has 1 atom stereocenters. The fourth-order valence-electron chi connectivity index (χ4n) is 3.09. The molecule has 1 aliphatic rings. The summed E-state index contributed by atoms with van der Waals surface area (Å²) in [4.78, 5) is 2.42. The zero-order chi connectivity index (χ0) is 14.7. The molecule has 0 aromatic heterocycles. The molecule has 1 unspecified atom stereocenters. The van der Waals surface area contributed by atoms with Gasteiger partial charge in [-0.2, -0.15) is 0 Å². The van der Waals surface area contributed by atoms with Gasteiger partial charge in [0.05, 0.1) is 0 Å². The van der Waals surface area contributed by atoms with Gasteiger partial charge in [-0.1, -0.05) is 46.3 Å². The van der Waals surface area contributed by atoms with E-state index in [1.165, 1.54) is 23.2 Å².